The van der Waals surface area contributed by atoms with Gasteiger partial charge in [0.1, 0.15) is 23.1 Å². The molecule has 0 aliphatic rings. The minimum Gasteiger partial charge on any atom is -0.456 e. The largest absolute Gasteiger partial charge is 0.456 e. The lowest BCUT2D eigenvalue weighted by molar-refractivity contribution is 0.480. The van der Waals surface area contributed by atoms with Gasteiger partial charge in [-0.25, -0.2) is 0 Å². The van der Waals surface area contributed by atoms with E-state index in [9.17, 15) is 0 Å². The molecule has 2 rings (SSSR count). The normalized spacial score (nSPS) is 9.89. The summed E-state index contributed by atoms with van der Waals surface area (Å²) in [5.74, 6) is 1.20. The Bertz CT molecular complexity index is 609. The van der Waals surface area contributed by atoms with Gasteiger partial charge >= 0.3 is 0 Å². The van der Waals surface area contributed by atoms with Crippen LogP contribution in [0.3, 0.4) is 0 Å². The minimum absolute atomic E-state index is 0.360. The third-order valence-electron chi connectivity index (χ3n) is 2.51. The number of aryl methyl sites for hydroxylation is 2. The van der Waals surface area contributed by atoms with Crippen LogP contribution < -0.4 is 4.74 Å². The average Bonchev–Trinajstić information content (AvgIpc) is 2.27. The Morgan fingerprint density at radius 1 is 1.11 bits per heavy atom. The standard InChI is InChI=1S/C15H12ClNO/c1-10-6-11(2)8-12(7-10)18-15-5-3-4-14(16)13(15)9-17/h3-8H,1-2H3. The van der Waals surface area contributed by atoms with Crippen molar-refractivity contribution in [1.29, 1.82) is 5.26 Å². The molecule has 0 saturated heterocycles. The zero-order valence-electron chi connectivity index (χ0n) is 10.2. The van der Waals surface area contributed by atoms with E-state index in [0.29, 0.717) is 22.1 Å². The summed E-state index contributed by atoms with van der Waals surface area (Å²) < 4.78 is 5.74. The summed E-state index contributed by atoms with van der Waals surface area (Å²) in [5.41, 5.74) is 2.59. The quantitative estimate of drug-likeness (QED) is 0.786. The first-order chi connectivity index (χ1) is 8.60. The maximum Gasteiger partial charge on any atom is 0.146 e. The van der Waals surface area contributed by atoms with Crippen LogP contribution in [-0.4, -0.2) is 0 Å². The van der Waals surface area contributed by atoms with E-state index in [0.717, 1.165) is 11.1 Å². The molecule has 3 heteroatoms. The summed E-state index contributed by atoms with van der Waals surface area (Å²) in [6.45, 7) is 4.01. The fourth-order valence-corrected chi connectivity index (χ4v) is 2.02. The Labute approximate surface area is 111 Å². The molecule has 0 bridgehead atoms. The van der Waals surface area contributed by atoms with Gasteiger partial charge in [-0.2, -0.15) is 5.26 Å². The topological polar surface area (TPSA) is 33.0 Å². The highest BCUT2D eigenvalue weighted by atomic mass is 35.5. The van der Waals surface area contributed by atoms with Gasteiger partial charge in [0, 0.05) is 0 Å². The van der Waals surface area contributed by atoms with Crippen molar-refractivity contribution in [1.82, 2.24) is 0 Å². The molecule has 0 atom stereocenters. The molecular formula is C15H12ClNO. The fourth-order valence-electron chi connectivity index (χ4n) is 1.82. The van der Waals surface area contributed by atoms with Crippen molar-refractivity contribution in [3.05, 3.63) is 58.1 Å². The molecule has 0 spiro atoms. The van der Waals surface area contributed by atoms with E-state index in [1.54, 1.807) is 18.2 Å². The summed E-state index contributed by atoms with van der Waals surface area (Å²) in [6.07, 6.45) is 0. The molecule has 0 saturated carbocycles. The van der Waals surface area contributed by atoms with Gasteiger partial charge in [0.05, 0.1) is 5.02 Å². The van der Waals surface area contributed by atoms with Crippen molar-refractivity contribution in [3.63, 3.8) is 0 Å². The SMILES string of the molecule is Cc1cc(C)cc(Oc2cccc(Cl)c2C#N)c1. The van der Waals surface area contributed by atoms with Crippen LogP contribution >= 0.6 is 11.6 Å². The van der Waals surface area contributed by atoms with Crippen LogP contribution in [0.5, 0.6) is 11.5 Å². The van der Waals surface area contributed by atoms with Gasteiger partial charge in [0.15, 0.2) is 0 Å². The number of hydrogen-bond acceptors (Lipinski definition) is 2. The van der Waals surface area contributed by atoms with E-state index in [1.165, 1.54) is 0 Å². The molecular weight excluding hydrogens is 246 g/mol. The van der Waals surface area contributed by atoms with Crippen LogP contribution in [0.25, 0.3) is 0 Å². The molecule has 2 aromatic carbocycles. The van der Waals surface area contributed by atoms with Gasteiger partial charge in [-0.1, -0.05) is 23.7 Å². The highest BCUT2D eigenvalue weighted by molar-refractivity contribution is 6.31. The number of benzene rings is 2. The zero-order valence-corrected chi connectivity index (χ0v) is 11.0. The molecule has 0 radical (unpaired) electrons. The summed E-state index contributed by atoms with van der Waals surface area (Å²) in [7, 11) is 0. The van der Waals surface area contributed by atoms with Crippen LogP contribution in [0.1, 0.15) is 16.7 Å². The van der Waals surface area contributed by atoms with Gasteiger partial charge < -0.3 is 4.74 Å². The predicted molar refractivity (Wildman–Crippen MR) is 72.2 cm³/mol. The summed E-state index contributed by atoms with van der Waals surface area (Å²) in [5, 5.41) is 9.47. The summed E-state index contributed by atoms with van der Waals surface area (Å²) in [4.78, 5) is 0. The Morgan fingerprint density at radius 3 is 2.39 bits per heavy atom. The monoisotopic (exact) mass is 257 g/mol. The summed E-state index contributed by atoms with van der Waals surface area (Å²) >= 11 is 5.96. The fraction of sp³-hybridized carbons (Fsp3) is 0.133. The van der Waals surface area contributed by atoms with Gasteiger partial charge in [0.2, 0.25) is 0 Å². The Balaban J connectivity index is 2.40. The van der Waals surface area contributed by atoms with Crippen molar-refractivity contribution in [2.75, 3.05) is 0 Å². The highest BCUT2D eigenvalue weighted by Crippen LogP contribution is 2.30. The molecule has 0 unspecified atom stereocenters. The third kappa shape index (κ3) is 2.64. The van der Waals surface area contributed by atoms with E-state index >= 15 is 0 Å². The maximum absolute atomic E-state index is 9.07. The van der Waals surface area contributed by atoms with Crippen LogP contribution in [0.4, 0.5) is 0 Å². The number of ether oxygens (including phenoxy) is 1. The second-order valence-corrected chi connectivity index (χ2v) is 4.56. The molecule has 2 nitrogen and oxygen atoms in total. The van der Waals surface area contributed by atoms with Gasteiger partial charge in [-0.05, 0) is 49.2 Å². The molecule has 0 fully saturated rings. The number of rotatable bonds is 2. The van der Waals surface area contributed by atoms with Crippen LogP contribution in [0, 0.1) is 25.2 Å². The van der Waals surface area contributed by atoms with Crippen molar-refractivity contribution in [3.8, 4) is 17.6 Å². The summed E-state index contributed by atoms with van der Waals surface area (Å²) in [6, 6.07) is 13.2. The molecule has 0 aliphatic heterocycles. The first-order valence-corrected chi connectivity index (χ1v) is 5.92. The van der Waals surface area contributed by atoms with Crippen molar-refractivity contribution >= 4 is 11.6 Å². The molecule has 2 aromatic rings. The average molecular weight is 258 g/mol. The minimum atomic E-state index is 0.360. The van der Waals surface area contributed by atoms with E-state index in [-0.39, 0.29) is 0 Å². The van der Waals surface area contributed by atoms with Gasteiger partial charge in [-0.3, -0.25) is 0 Å². The lowest BCUT2D eigenvalue weighted by Crippen LogP contribution is -1.90. The molecule has 0 aliphatic carbocycles. The van der Waals surface area contributed by atoms with Gasteiger partial charge in [0.25, 0.3) is 0 Å². The second-order valence-electron chi connectivity index (χ2n) is 4.15. The smallest absolute Gasteiger partial charge is 0.146 e. The van der Waals surface area contributed by atoms with Crippen molar-refractivity contribution in [2.45, 2.75) is 13.8 Å². The molecule has 0 amide bonds. The van der Waals surface area contributed by atoms with Crippen LogP contribution in [-0.2, 0) is 0 Å². The van der Waals surface area contributed by atoms with E-state index in [1.807, 2.05) is 26.0 Å². The number of nitrogens with zero attached hydrogens (tertiary/aromatic N) is 1. The molecule has 18 heavy (non-hydrogen) atoms. The number of halogens is 1. The highest BCUT2D eigenvalue weighted by Gasteiger charge is 2.08. The molecule has 0 heterocycles. The van der Waals surface area contributed by atoms with Crippen molar-refractivity contribution < 1.29 is 4.74 Å². The Kier molecular flexibility index (Phi) is 3.55. The van der Waals surface area contributed by atoms with E-state index < -0.39 is 0 Å². The predicted octanol–water partition coefficient (Wildman–Crippen LogP) is 4.62. The lowest BCUT2D eigenvalue weighted by atomic mass is 10.1. The maximum atomic E-state index is 9.07. The molecule has 0 aromatic heterocycles. The van der Waals surface area contributed by atoms with Gasteiger partial charge in [-0.15, -0.1) is 0 Å². The van der Waals surface area contributed by atoms with Crippen LogP contribution in [0.2, 0.25) is 5.02 Å². The van der Waals surface area contributed by atoms with E-state index in [2.05, 4.69) is 12.1 Å². The lowest BCUT2D eigenvalue weighted by Gasteiger charge is -2.09. The second kappa shape index (κ2) is 5.12. The van der Waals surface area contributed by atoms with Crippen molar-refractivity contribution in [2.24, 2.45) is 0 Å². The number of nitriles is 1. The zero-order chi connectivity index (χ0) is 13.1. The first kappa shape index (κ1) is 12.5. The van der Waals surface area contributed by atoms with E-state index in [4.69, 9.17) is 21.6 Å². The third-order valence-corrected chi connectivity index (χ3v) is 2.83. The molecule has 0 N–H and O–H groups in total. The number of hydrogen-bond donors (Lipinski definition) is 0. The van der Waals surface area contributed by atoms with Crippen LogP contribution in [0.15, 0.2) is 36.4 Å². The first-order valence-electron chi connectivity index (χ1n) is 5.55. The Hall–Kier alpha value is -1.98. The Morgan fingerprint density at radius 2 is 1.78 bits per heavy atom. The molecule has 90 valence electrons.